The zero-order valence-corrected chi connectivity index (χ0v) is 13.4. The second-order valence-electron chi connectivity index (χ2n) is 5.87. The molecular formula is C15H23N5O2. The standard InChI is InChI=1S/C15H23N5O2/c1-11(21)16-9-12-5-4-8-20(10-12)15(22)13-6-7-14(18-17-13)19(2)3/h6-7,12H,4-5,8-10H2,1-3H3,(H,16,21). The number of hydrogen-bond acceptors (Lipinski definition) is 5. The molecular weight excluding hydrogens is 282 g/mol. The zero-order chi connectivity index (χ0) is 16.1. The molecule has 0 aromatic carbocycles. The molecule has 0 aliphatic carbocycles. The number of hydrogen-bond donors (Lipinski definition) is 1. The molecule has 0 radical (unpaired) electrons. The van der Waals surface area contributed by atoms with Gasteiger partial charge in [0.05, 0.1) is 0 Å². The first-order valence-corrected chi connectivity index (χ1v) is 7.52. The third-order valence-corrected chi connectivity index (χ3v) is 3.77. The van der Waals surface area contributed by atoms with Crippen molar-refractivity contribution in [3.05, 3.63) is 17.8 Å². The Morgan fingerprint density at radius 3 is 2.73 bits per heavy atom. The number of carbonyl (C=O) groups is 2. The maximum atomic E-state index is 12.5. The Hall–Kier alpha value is -2.18. The molecule has 2 rings (SSSR count). The molecule has 1 unspecified atom stereocenters. The Balaban J connectivity index is 1.97. The second kappa shape index (κ2) is 7.20. The lowest BCUT2D eigenvalue weighted by atomic mass is 9.97. The molecule has 2 heterocycles. The van der Waals surface area contributed by atoms with E-state index < -0.39 is 0 Å². The number of anilines is 1. The van der Waals surface area contributed by atoms with Crippen molar-refractivity contribution >= 4 is 17.6 Å². The monoisotopic (exact) mass is 305 g/mol. The predicted octanol–water partition coefficient (Wildman–Crippen LogP) is 0.531. The van der Waals surface area contributed by atoms with Crippen molar-refractivity contribution in [2.75, 3.05) is 38.6 Å². The minimum atomic E-state index is -0.0923. The smallest absolute Gasteiger partial charge is 0.274 e. The first-order chi connectivity index (χ1) is 10.5. The highest BCUT2D eigenvalue weighted by atomic mass is 16.2. The van der Waals surface area contributed by atoms with Crippen molar-refractivity contribution in [1.29, 1.82) is 0 Å². The molecule has 0 spiro atoms. The third-order valence-electron chi connectivity index (χ3n) is 3.77. The summed E-state index contributed by atoms with van der Waals surface area (Å²) in [6.45, 7) is 3.50. The molecule has 0 bridgehead atoms. The van der Waals surface area contributed by atoms with Gasteiger partial charge in [-0.3, -0.25) is 9.59 Å². The van der Waals surface area contributed by atoms with Gasteiger partial charge >= 0.3 is 0 Å². The van der Waals surface area contributed by atoms with Gasteiger partial charge < -0.3 is 15.1 Å². The van der Waals surface area contributed by atoms with Crippen LogP contribution in [0.3, 0.4) is 0 Å². The van der Waals surface area contributed by atoms with Crippen molar-refractivity contribution in [3.63, 3.8) is 0 Å². The van der Waals surface area contributed by atoms with Gasteiger partial charge in [0, 0.05) is 40.7 Å². The Bertz CT molecular complexity index is 529. The summed E-state index contributed by atoms with van der Waals surface area (Å²) in [7, 11) is 3.76. The third kappa shape index (κ3) is 4.16. The molecule has 120 valence electrons. The highest BCUT2D eigenvalue weighted by Gasteiger charge is 2.25. The van der Waals surface area contributed by atoms with Gasteiger partial charge in [0.1, 0.15) is 0 Å². The fraction of sp³-hybridized carbons (Fsp3) is 0.600. The van der Waals surface area contributed by atoms with Crippen LogP contribution in [0.15, 0.2) is 12.1 Å². The number of piperidine rings is 1. The zero-order valence-electron chi connectivity index (χ0n) is 13.4. The maximum Gasteiger partial charge on any atom is 0.274 e. The van der Waals surface area contributed by atoms with Gasteiger partial charge in [0.15, 0.2) is 11.5 Å². The van der Waals surface area contributed by atoms with Gasteiger partial charge in [0.2, 0.25) is 5.91 Å². The number of rotatable bonds is 4. The van der Waals surface area contributed by atoms with Gasteiger partial charge in [0.25, 0.3) is 5.91 Å². The molecule has 7 heteroatoms. The SMILES string of the molecule is CC(=O)NCC1CCCN(C(=O)c2ccc(N(C)C)nn2)C1. The molecule has 0 saturated carbocycles. The van der Waals surface area contributed by atoms with E-state index in [0.717, 1.165) is 25.2 Å². The van der Waals surface area contributed by atoms with Crippen molar-refractivity contribution in [2.45, 2.75) is 19.8 Å². The van der Waals surface area contributed by atoms with Crippen molar-refractivity contribution in [2.24, 2.45) is 5.92 Å². The molecule has 7 nitrogen and oxygen atoms in total. The van der Waals surface area contributed by atoms with Crippen LogP contribution in [-0.4, -0.2) is 60.6 Å². The van der Waals surface area contributed by atoms with Crippen molar-refractivity contribution in [3.8, 4) is 0 Å². The number of likely N-dealkylation sites (tertiary alicyclic amines) is 1. The van der Waals surface area contributed by atoms with E-state index in [0.29, 0.717) is 24.7 Å². The van der Waals surface area contributed by atoms with Crippen molar-refractivity contribution in [1.82, 2.24) is 20.4 Å². The minimum Gasteiger partial charge on any atom is -0.361 e. The lowest BCUT2D eigenvalue weighted by molar-refractivity contribution is -0.119. The van der Waals surface area contributed by atoms with Gasteiger partial charge in [-0.2, -0.15) is 0 Å². The summed E-state index contributed by atoms with van der Waals surface area (Å²) >= 11 is 0. The van der Waals surface area contributed by atoms with Gasteiger partial charge in [-0.25, -0.2) is 0 Å². The molecule has 2 amide bonds. The van der Waals surface area contributed by atoms with Gasteiger partial charge in [-0.1, -0.05) is 0 Å². The molecule has 1 N–H and O–H groups in total. The normalized spacial score (nSPS) is 18.0. The molecule has 1 aliphatic rings. The Labute approximate surface area is 130 Å². The lowest BCUT2D eigenvalue weighted by Gasteiger charge is -2.32. The minimum absolute atomic E-state index is 0.0337. The largest absolute Gasteiger partial charge is 0.361 e. The quantitative estimate of drug-likeness (QED) is 0.878. The molecule has 22 heavy (non-hydrogen) atoms. The number of aromatic nitrogens is 2. The van der Waals surface area contributed by atoms with Crippen LogP contribution in [0.25, 0.3) is 0 Å². The van der Waals surface area contributed by atoms with E-state index in [2.05, 4.69) is 15.5 Å². The van der Waals surface area contributed by atoms with E-state index in [1.165, 1.54) is 6.92 Å². The molecule has 1 aliphatic heterocycles. The Morgan fingerprint density at radius 2 is 2.14 bits per heavy atom. The first-order valence-electron chi connectivity index (χ1n) is 7.52. The van der Waals surface area contributed by atoms with E-state index >= 15 is 0 Å². The highest BCUT2D eigenvalue weighted by Crippen LogP contribution is 2.18. The van der Waals surface area contributed by atoms with E-state index in [1.807, 2.05) is 19.0 Å². The summed E-state index contributed by atoms with van der Waals surface area (Å²) in [6, 6.07) is 3.50. The second-order valence-corrected chi connectivity index (χ2v) is 5.87. The fourth-order valence-corrected chi connectivity index (χ4v) is 2.54. The van der Waals surface area contributed by atoms with Gasteiger partial charge in [-0.05, 0) is 30.9 Å². The van der Waals surface area contributed by atoms with Crippen LogP contribution in [0.2, 0.25) is 0 Å². The van der Waals surface area contributed by atoms with Gasteiger partial charge in [-0.15, -0.1) is 10.2 Å². The molecule has 1 atom stereocenters. The Morgan fingerprint density at radius 1 is 1.36 bits per heavy atom. The van der Waals surface area contributed by atoms with E-state index in [4.69, 9.17) is 0 Å². The first kappa shape index (κ1) is 16.2. The average molecular weight is 305 g/mol. The van der Waals surface area contributed by atoms with Crippen molar-refractivity contribution < 1.29 is 9.59 Å². The van der Waals surface area contributed by atoms with Crippen LogP contribution in [-0.2, 0) is 4.79 Å². The summed E-state index contributed by atoms with van der Waals surface area (Å²) in [4.78, 5) is 27.1. The highest BCUT2D eigenvalue weighted by molar-refractivity contribution is 5.92. The Kier molecular flexibility index (Phi) is 5.30. The summed E-state index contributed by atoms with van der Waals surface area (Å²) in [5, 5.41) is 10.9. The summed E-state index contributed by atoms with van der Waals surface area (Å²) < 4.78 is 0. The lowest BCUT2D eigenvalue weighted by Crippen LogP contribution is -2.43. The van der Waals surface area contributed by atoms with E-state index in [1.54, 1.807) is 17.0 Å². The summed E-state index contributed by atoms with van der Waals surface area (Å²) in [6.07, 6.45) is 1.97. The van der Waals surface area contributed by atoms with E-state index in [9.17, 15) is 9.59 Å². The molecule has 1 aromatic rings. The molecule has 1 fully saturated rings. The molecule has 1 aromatic heterocycles. The van der Waals surface area contributed by atoms with E-state index in [-0.39, 0.29) is 11.8 Å². The summed E-state index contributed by atoms with van der Waals surface area (Å²) in [5.74, 6) is 0.897. The number of amides is 2. The van der Waals surface area contributed by atoms with Crippen LogP contribution in [0.4, 0.5) is 5.82 Å². The average Bonchev–Trinajstić information content (AvgIpc) is 2.52. The van der Waals surface area contributed by atoms with Crippen LogP contribution >= 0.6 is 0 Å². The number of carbonyl (C=O) groups excluding carboxylic acids is 2. The van der Waals surface area contributed by atoms with Crippen LogP contribution in [0.1, 0.15) is 30.3 Å². The van der Waals surface area contributed by atoms with Crippen LogP contribution in [0, 0.1) is 5.92 Å². The number of nitrogens with one attached hydrogen (secondary N) is 1. The van der Waals surface area contributed by atoms with Crippen LogP contribution in [0.5, 0.6) is 0 Å². The number of nitrogens with zero attached hydrogens (tertiary/aromatic N) is 4. The topological polar surface area (TPSA) is 78.4 Å². The van der Waals surface area contributed by atoms with Crippen LogP contribution < -0.4 is 10.2 Å². The fourth-order valence-electron chi connectivity index (χ4n) is 2.54. The summed E-state index contributed by atoms with van der Waals surface area (Å²) in [5.41, 5.74) is 0.366. The maximum absolute atomic E-state index is 12.5. The predicted molar refractivity (Wildman–Crippen MR) is 83.7 cm³/mol. The molecule has 1 saturated heterocycles.